The number of nitrogens with one attached hydrogen (secondary N) is 1. The van der Waals surface area contributed by atoms with E-state index in [1.165, 1.54) is 23.6 Å². The summed E-state index contributed by atoms with van der Waals surface area (Å²) in [5.74, 6) is -0.604. The van der Waals surface area contributed by atoms with Crippen molar-refractivity contribution in [2.45, 2.75) is 51.5 Å². The van der Waals surface area contributed by atoms with Crippen LogP contribution in [0.1, 0.15) is 54.6 Å². The highest BCUT2D eigenvalue weighted by molar-refractivity contribution is 5.98. The number of halogens is 1. The van der Waals surface area contributed by atoms with Gasteiger partial charge in [-0.25, -0.2) is 9.07 Å². The summed E-state index contributed by atoms with van der Waals surface area (Å²) in [6.45, 7) is 1.68. The predicted octanol–water partition coefficient (Wildman–Crippen LogP) is 4.23. The normalized spacial score (nSPS) is 15.1. The first-order valence-electron chi connectivity index (χ1n) is 10.1. The first-order chi connectivity index (χ1) is 14.1. The molecule has 0 unspecified atom stereocenters. The van der Waals surface area contributed by atoms with Gasteiger partial charge in [0.05, 0.1) is 11.4 Å². The van der Waals surface area contributed by atoms with E-state index < -0.39 is 0 Å². The van der Waals surface area contributed by atoms with E-state index in [0.29, 0.717) is 22.6 Å². The summed E-state index contributed by atoms with van der Waals surface area (Å²) in [5.41, 5.74) is 2.20. The monoisotopic (exact) mass is 393 g/mol. The van der Waals surface area contributed by atoms with Crippen LogP contribution in [0, 0.1) is 12.7 Å². The Balaban J connectivity index is 1.75. The Bertz CT molecular complexity index is 994. The zero-order chi connectivity index (χ0) is 20.2. The minimum Gasteiger partial charge on any atom is -0.348 e. The maximum absolute atomic E-state index is 14.2. The van der Waals surface area contributed by atoms with Crippen molar-refractivity contribution in [1.82, 2.24) is 25.3 Å². The molecule has 1 saturated carbocycles. The molecule has 0 aliphatic heterocycles. The first kappa shape index (κ1) is 19.2. The molecular formula is C22H24FN5O. The number of aromatic nitrogens is 4. The summed E-state index contributed by atoms with van der Waals surface area (Å²) in [6.07, 6.45) is 8.25. The van der Waals surface area contributed by atoms with Gasteiger partial charge in [0.1, 0.15) is 11.5 Å². The van der Waals surface area contributed by atoms with E-state index in [1.807, 2.05) is 6.07 Å². The van der Waals surface area contributed by atoms with Gasteiger partial charge in [0.25, 0.3) is 5.91 Å². The van der Waals surface area contributed by atoms with Crippen LogP contribution in [0.5, 0.6) is 0 Å². The summed E-state index contributed by atoms with van der Waals surface area (Å²) >= 11 is 0. The molecule has 29 heavy (non-hydrogen) atoms. The fourth-order valence-corrected chi connectivity index (χ4v) is 3.84. The second kappa shape index (κ2) is 8.51. The van der Waals surface area contributed by atoms with Gasteiger partial charge in [-0.2, -0.15) is 0 Å². The lowest BCUT2D eigenvalue weighted by molar-refractivity contribution is 0.0929. The molecule has 7 heteroatoms. The van der Waals surface area contributed by atoms with Crippen molar-refractivity contribution < 1.29 is 9.18 Å². The molecule has 0 spiro atoms. The summed E-state index contributed by atoms with van der Waals surface area (Å²) in [4.78, 5) is 17.5. The fraction of sp³-hybridized carbons (Fsp3) is 0.364. The Morgan fingerprint density at radius 2 is 1.90 bits per heavy atom. The molecule has 6 nitrogen and oxygen atoms in total. The molecule has 0 saturated heterocycles. The van der Waals surface area contributed by atoms with Gasteiger partial charge in [0, 0.05) is 17.8 Å². The third-order valence-corrected chi connectivity index (χ3v) is 5.45. The molecule has 3 aromatic rings. The maximum atomic E-state index is 14.2. The van der Waals surface area contributed by atoms with Crippen molar-refractivity contribution in [3.63, 3.8) is 0 Å². The summed E-state index contributed by atoms with van der Waals surface area (Å²) < 4.78 is 15.7. The number of amides is 1. The number of hydrogen-bond acceptors (Lipinski definition) is 4. The number of carbonyl (C=O) groups excluding carboxylic acids is 1. The molecular weight excluding hydrogens is 369 g/mol. The number of rotatable bonds is 4. The van der Waals surface area contributed by atoms with Crippen LogP contribution >= 0.6 is 0 Å². The van der Waals surface area contributed by atoms with Crippen molar-refractivity contribution in [1.29, 1.82) is 0 Å². The Morgan fingerprint density at radius 3 is 2.62 bits per heavy atom. The van der Waals surface area contributed by atoms with E-state index in [1.54, 1.807) is 37.4 Å². The van der Waals surface area contributed by atoms with E-state index in [-0.39, 0.29) is 23.5 Å². The molecule has 1 amide bonds. The molecule has 150 valence electrons. The van der Waals surface area contributed by atoms with Crippen molar-refractivity contribution in [2.75, 3.05) is 0 Å². The van der Waals surface area contributed by atoms with E-state index in [0.717, 1.165) is 25.7 Å². The zero-order valence-corrected chi connectivity index (χ0v) is 16.4. The lowest BCUT2D eigenvalue weighted by Crippen LogP contribution is -2.35. The van der Waals surface area contributed by atoms with E-state index >= 15 is 0 Å². The lowest BCUT2D eigenvalue weighted by Gasteiger charge is -2.16. The van der Waals surface area contributed by atoms with Gasteiger partial charge in [-0.3, -0.25) is 9.78 Å². The van der Waals surface area contributed by atoms with Gasteiger partial charge in [0.15, 0.2) is 5.69 Å². The predicted molar refractivity (Wildman–Crippen MR) is 108 cm³/mol. The molecule has 1 N–H and O–H groups in total. The Kier molecular flexibility index (Phi) is 5.64. The number of pyridine rings is 1. The van der Waals surface area contributed by atoms with Crippen molar-refractivity contribution >= 4 is 5.91 Å². The van der Waals surface area contributed by atoms with E-state index in [4.69, 9.17) is 0 Å². The van der Waals surface area contributed by atoms with E-state index in [2.05, 4.69) is 20.6 Å². The van der Waals surface area contributed by atoms with Crippen LogP contribution in [0.3, 0.4) is 0 Å². The van der Waals surface area contributed by atoms with Gasteiger partial charge in [0.2, 0.25) is 0 Å². The number of hydrogen-bond donors (Lipinski definition) is 1. The van der Waals surface area contributed by atoms with Crippen LogP contribution in [0.2, 0.25) is 0 Å². The molecule has 1 aliphatic carbocycles. The van der Waals surface area contributed by atoms with Gasteiger partial charge >= 0.3 is 0 Å². The average molecular weight is 393 g/mol. The molecule has 0 bridgehead atoms. The lowest BCUT2D eigenvalue weighted by atomic mass is 10.1. The van der Waals surface area contributed by atoms with Gasteiger partial charge in [-0.1, -0.05) is 43.0 Å². The summed E-state index contributed by atoms with van der Waals surface area (Å²) in [6, 6.07) is 10.4. The second-order valence-corrected chi connectivity index (χ2v) is 7.46. The molecule has 0 atom stereocenters. The molecule has 2 aromatic heterocycles. The van der Waals surface area contributed by atoms with Crippen LogP contribution in [-0.2, 0) is 0 Å². The van der Waals surface area contributed by atoms with Crippen LogP contribution in [0.25, 0.3) is 17.1 Å². The van der Waals surface area contributed by atoms with Crippen molar-refractivity contribution in [2.24, 2.45) is 0 Å². The van der Waals surface area contributed by atoms with E-state index in [9.17, 15) is 9.18 Å². The maximum Gasteiger partial charge on any atom is 0.274 e. The van der Waals surface area contributed by atoms with Gasteiger partial charge < -0.3 is 5.32 Å². The van der Waals surface area contributed by atoms with Gasteiger partial charge in [-0.15, -0.1) is 5.10 Å². The number of nitrogens with zero attached hydrogens (tertiary/aromatic N) is 4. The van der Waals surface area contributed by atoms with Crippen LogP contribution in [-0.4, -0.2) is 31.9 Å². The Morgan fingerprint density at radius 1 is 1.10 bits per heavy atom. The van der Waals surface area contributed by atoms with Crippen LogP contribution < -0.4 is 5.32 Å². The highest BCUT2D eigenvalue weighted by Gasteiger charge is 2.26. The molecule has 0 radical (unpaired) electrons. The standard InChI is InChI=1S/C22H24FN5O/c1-15-17(23)11-8-13-19(15)28-21(18-12-6-7-14-24-18)20(26-27-28)22(29)25-16-9-4-2-3-5-10-16/h6-8,11-14,16H,2-5,9-10H2,1H3,(H,25,29). The fourth-order valence-electron chi connectivity index (χ4n) is 3.84. The quantitative estimate of drug-likeness (QED) is 0.673. The third-order valence-electron chi connectivity index (χ3n) is 5.45. The number of benzene rings is 1. The minimum atomic E-state index is -0.338. The molecule has 1 aromatic carbocycles. The largest absolute Gasteiger partial charge is 0.348 e. The highest BCUT2D eigenvalue weighted by atomic mass is 19.1. The Hall–Kier alpha value is -3.09. The first-order valence-corrected chi connectivity index (χ1v) is 10.1. The summed E-state index contributed by atoms with van der Waals surface area (Å²) in [5, 5.41) is 11.5. The Labute approximate surface area is 169 Å². The zero-order valence-electron chi connectivity index (χ0n) is 16.4. The molecule has 2 heterocycles. The third kappa shape index (κ3) is 4.04. The topological polar surface area (TPSA) is 72.7 Å². The summed E-state index contributed by atoms with van der Waals surface area (Å²) in [7, 11) is 0. The molecule has 1 fully saturated rings. The van der Waals surface area contributed by atoms with Crippen molar-refractivity contribution in [3.05, 3.63) is 59.7 Å². The number of carbonyl (C=O) groups is 1. The smallest absolute Gasteiger partial charge is 0.274 e. The SMILES string of the molecule is Cc1c(F)cccc1-n1nnc(C(=O)NC2CCCCCC2)c1-c1ccccn1. The van der Waals surface area contributed by atoms with Crippen LogP contribution in [0.15, 0.2) is 42.6 Å². The molecule has 4 rings (SSSR count). The van der Waals surface area contributed by atoms with Crippen LogP contribution in [0.4, 0.5) is 4.39 Å². The van der Waals surface area contributed by atoms with Gasteiger partial charge in [-0.05, 0) is 44.0 Å². The highest BCUT2D eigenvalue weighted by Crippen LogP contribution is 2.26. The minimum absolute atomic E-state index is 0.141. The average Bonchev–Trinajstić information content (AvgIpc) is 3.02. The van der Waals surface area contributed by atoms with Crippen molar-refractivity contribution in [3.8, 4) is 17.1 Å². The second-order valence-electron chi connectivity index (χ2n) is 7.46. The molecule has 1 aliphatic rings.